The predicted molar refractivity (Wildman–Crippen MR) is 117 cm³/mol. The number of nitrogens with two attached hydrogens (primary N) is 1. The Labute approximate surface area is 181 Å². The first-order chi connectivity index (χ1) is 15.1. The number of anilines is 1. The van der Waals surface area contributed by atoms with Crippen molar-refractivity contribution >= 4 is 17.6 Å². The van der Waals surface area contributed by atoms with Gasteiger partial charge in [0.05, 0.1) is 29.1 Å². The van der Waals surface area contributed by atoms with E-state index in [1.54, 1.807) is 15.6 Å². The molecule has 4 rings (SSSR count). The average Bonchev–Trinajstić information content (AvgIpc) is 3.47. The summed E-state index contributed by atoms with van der Waals surface area (Å²) in [7, 11) is 0. The van der Waals surface area contributed by atoms with Crippen LogP contribution >= 0.6 is 0 Å². The molecule has 2 aromatic heterocycles. The Morgan fingerprint density at radius 3 is 2.84 bits per heavy atom. The van der Waals surface area contributed by atoms with Gasteiger partial charge in [-0.2, -0.15) is 5.10 Å². The minimum atomic E-state index is -0.183. The molecule has 3 heterocycles. The molecule has 2 amide bonds. The van der Waals surface area contributed by atoms with Gasteiger partial charge in [0.25, 0.3) is 5.91 Å². The van der Waals surface area contributed by atoms with Crippen molar-refractivity contribution in [3.63, 3.8) is 0 Å². The molecule has 1 unspecified atom stereocenters. The van der Waals surface area contributed by atoms with Crippen LogP contribution in [0.3, 0.4) is 0 Å². The second kappa shape index (κ2) is 9.51. The summed E-state index contributed by atoms with van der Waals surface area (Å²) in [5, 5.41) is 7.58. The molecule has 8 nitrogen and oxygen atoms in total. The number of benzene rings is 1. The lowest BCUT2D eigenvalue weighted by atomic mass is 9.96. The number of hydrogen-bond donors (Lipinski definition) is 2. The SMILES string of the molecule is Nc1cc(CCCNC(=O)C2CCCN(C(=O)c3ccoc3)C2)nn1-c1ccccc1. The fourth-order valence-electron chi connectivity index (χ4n) is 3.91. The van der Waals surface area contributed by atoms with Crippen molar-refractivity contribution in [1.82, 2.24) is 20.0 Å². The first kappa shape index (κ1) is 20.7. The number of hydrogen-bond acceptors (Lipinski definition) is 5. The number of carbonyl (C=O) groups excluding carboxylic acids is 2. The standard InChI is InChI=1S/C23H27N5O3/c24-21-14-19(26-28(21)20-8-2-1-3-9-20)7-4-11-25-22(29)17-6-5-12-27(15-17)23(30)18-10-13-31-16-18/h1-3,8-10,13-14,16-17H,4-7,11-12,15,24H2,(H,25,29). The van der Waals surface area contributed by atoms with Gasteiger partial charge in [-0.25, -0.2) is 4.68 Å². The highest BCUT2D eigenvalue weighted by Crippen LogP contribution is 2.19. The Balaban J connectivity index is 1.24. The second-order valence-electron chi connectivity index (χ2n) is 7.80. The summed E-state index contributed by atoms with van der Waals surface area (Å²) >= 11 is 0. The lowest BCUT2D eigenvalue weighted by Gasteiger charge is -2.31. The fourth-order valence-corrected chi connectivity index (χ4v) is 3.91. The van der Waals surface area contributed by atoms with Crippen LogP contribution < -0.4 is 11.1 Å². The molecule has 0 bridgehead atoms. The van der Waals surface area contributed by atoms with Crippen LogP contribution in [0.2, 0.25) is 0 Å². The van der Waals surface area contributed by atoms with Gasteiger partial charge in [-0.1, -0.05) is 18.2 Å². The van der Waals surface area contributed by atoms with Gasteiger partial charge < -0.3 is 20.4 Å². The van der Waals surface area contributed by atoms with E-state index in [0.29, 0.717) is 31.0 Å². The molecule has 0 spiro atoms. The molecule has 1 aliphatic heterocycles. The maximum atomic E-state index is 12.6. The van der Waals surface area contributed by atoms with Gasteiger partial charge >= 0.3 is 0 Å². The molecule has 162 valence electrons. The van der Waals surface area contributed by atoms with Crippen LogP contribution in [-0.2, 0) is 11.2 Å². The number of rotatable bonds is 7. The maximum absolute atomic E-state index is 12.6. The quantitative estimate of drug-likeness (QED) is 0.571. The first-order valence-corrected chi connectivity index (χ1v) is 10.6. The maximum Gasteiger partial charge on any atom is 0.257 e. The van der Waals surface area contributed by atoms with E-state index in [1.807, 2.05) is 36.4 Å². The molecule has 0 aliphatic carbocycles. The lowest BCUT2D eigenvalue weighted by Crippen LogP contribution is -2.45. The average molecular weight is 422 g/mol. The van der Waals surface area contributed by atoms with E-state index in [1.165, 1.54) is 12.5 Å². The molecule has 1 atom stereocenters. The number of likely N-dealkylation sites (tertiary alicyclic amines) is 1. The number of aryl methyl sites for hydroxylation is 1. The summed E-state index contributed by atoms with van der Waals surface area (Å²) in [6, 6.07) is 13.3. The summed E-state index contributed by atoms with van der Waals surface area (Å²) in [6.45, 7) is 1.66. The van der Waals surface area contributed by atoms with E-state index in [4.69, 9.17) is 10.2 Å². The molecule has 8 heteroatoms. The van der Waals surface area contributed by atoms with Crippen LogP contribution in [0.4, 0.5) is 5.82 Å². The second-order valence-corrected chi connectivity index (χ2v) is 7.80. The number of piperidine rings is 1. The summed E-state index contributed by atoms with van der Waals surface area (Å²) < 4.78 is 6.72. The van der Waals surface area contributed by atoms with Gasteiger partial charge in [0.15, 0.2) is 0 Å². The smallest absolute Gasteiger partial charge is 0.257 e. The minimum Gasteiger partial charge on any atom is -0.472 e. The number of nitrogens with zero attached hydrogens (tertiary/aromatic N) is 3. The summed E-state index contributed by atoms with van der Waals surface area (Å²) in [5.41, 5.74) is 8.43. The Kier molecular flexibility index (Phi) is 6.35. The van der Waals surface area contributed by atoms with Crippen molar-refractivity contribution in [2.45, 2.75) is 25.7 Å². The van der Waals surface area contributed by atoms with Gasteiger partial charge in [-0.05, 0) is 43.9 Å². The van der Waals surface area contributed by atoms with Crippen LogP contribution in [0.5, 0.6) is 0 Å². The number of nitrogens with one attached hydrogen (secondary N) is 1. The number of nitrogen functional groups attached to an aromatic ring is 1. The van der Waals surface area contributed by atoms with Crippen molar-refractivity contribution in [2.24, 2.45) is 5.92 Å². The Hall–Kier alpha value is -3.55. The first-order valence-electron chi connectivity index (χ1n) is 10.6. The van der Waals surface area contributed by atoms with Crippen LogP contribution in [0.15, 0.2) is 59.4 Å². The Morgan fingerprint density at radius 2 is 2.06 bits per heavy atom. The predicted octanol–water partition coefficient (Wildman–Crippen LogP) is 2.65. The van der Waals surface area contributed by atoms with Gasteiger partial charge in [0, 0.05) is 25.7 Å². The lowest BCUT2D eigenvalue weighted by molar-refractivity contribution is -0.126. The molecular weight excluding hydrogens is 394 g/mol. The van der Waals surface area contributed by atoms with Gasteiger partial charge in [0.1, 0.15) is 12.1 Å². The van der Waals surface area contributed by atoms with Gasteiger partial charge in [0.2, 0.25) is 5.91 Å². The van der Waals surface area contributed by atoms with Crippen LogP contribution in [0, 0.1) is 5.92 Å². The fraction of sp³-hybridized carbons (Fsp3) is 0.348. The molecule has 1 aliphatic rings. The number of aromatic nitrogens is 2. The highest BCUT2D eigenvalue weighted by Gasteiger charge is 2.29. The molecule has 31 heavy (non-hydrogen) atoms. The third-order valence-electron chi connectivity index (χ3n) is 5.54. The molecule has 3 N–H and O–H groups in total. The zero-order valence-electron chi connectivity index (χ0n) is 17.4. The number of amides is 2. The van der Waals surface area contributed by atoms with Crippen molar-refractivity contribution in [1.29, 1.82) is 0 Å². The number of para-hydroxylation sites is 1. The van der Waals surface area contributed by atoms with E-state index in [0.717, 1.165) is 37.1 Å². The van der Waals surface area contributed by atoms with Crippen LogP contribution in [0.25, 0.3) is 5.69 Å². The highest BCUT2D eigenvalue weighted by molar-refractivity contribution is 5.94. The molecular formula is C23H27N5O3. The molecule has 0 radical (unpaired) electrons. The van der Waals surface area contributed by atoms with E-state index in [2.05, 4.69) is 10.4 Å². The van der Waals surface area contributed by atoms with E-state index in [9.17, 15) is 9.59 Å². The third kappa shape index (κ3) is 4.96. The van der Waals surface area contributed by atoms with Crippen molar-refractivity contribution in [2.75, 3.05) is 25.4 Å². The number of carbonyl (C=O) groups is 2. The molecule has 1 aromatic carbocycles. The van der Waals surface area contributed by atoms with E-state index < -0.39 is 0 Å². The third-order valence-corrected chi connectivity index (χ3v) is 5.54. The van der Waals surface area contributed by atoms with E-state index in [-0.39, 0.29) is 17.7 Å². The Morgan fingerprint density at radius 1 is 1.23 bits per heavy atom. The van der Waals surface area contributed by atoms with Crippen LogP contribution in [-0.4, -0.2) is 46.1 Å². The van der Waals surface area contributed by atoms with Crippen molar-refractivity contribution in [3.8, 4) is 5.69 Å². The van der Waals surface area contributed by atoms with Crippen molar-refractivity contribution in [3.05, 3.63) is 66.2 Å². The van der Waals surface area contributed by atoms with E-state index >= 15 is 0 Å². The normalized spacial score (nSPS) is 16.3. The Bertz CT molecular complexity index is 1010. The number of furan rings is 1. The highest BCUT2D eigenvalue weighted by atomic mass is 16.3. The molecule has 0 saturated carbocycles. The van der Waals surface area contributed by atoms with Crippen molar-refractivity contribution < 1.29 is 14.0 Å². The monoisotopic (exact) mass is 421 g/mol. The van der Waals surface area contributed by atoms with Crippen LogP contribution in [0.1, 0.15) is 35.3 Å². The minimum absolute atomic E-state index is 0.000905. The zero-order chi connectivity index (χ0) is 21.6. The summed E-state index contributed by atoms with van der Waals surface area (Å²) in [5.74, 6) is 0.323. The van der Waals surface area contributed by atoms with Gasteiger partial charge in [-0.3, -0.25) is 9.59 Å². The largest absolute Gasteiger partial charge is 0.472 e. The molecule has 3 aromatic rings. The summed E-state index contributed by atoms with van der Waals surface area (Å²) in [4.78, 5) is 26.8. The van der Waals surface area contributed by atoms with Gasteiger partial charge in [-0.15, -0.1) is 0 Å². The zero-order valence-corrected chi connectivity index (χ0v) is 17.4. The summed E-state index contributed by atoms with van der Waals surface area (Å²) in [6.07, 6.45) is 6.02. The molecule has 1 fully saturated rings. The topological polar surface area (TPSA) is 106 Å². The molecule has 1 saturated heterocycles.